The van der Waals surface area contributed by atoms with Crippen LogP contribution in [0.2, 0.25) is 10.0 Å². The summed E-state index contributed by atoms with van der Waals surface area (Å²) in [6.07, 6.45) is -4.42. The molecular weight excluding hydrogens is 315 g/mol. The summed E-state index contributed by atoms with van der Waals surface area (Å²) in [5, 5.41) is 8.69. The van der Waals surface area contributed by atoms with Gasteiger partial charge in [0.1, 0.15) is 5.52 Å². The second-order valence-corrected chi connectivity index (χ2v) is 4.76. The lowest BCUT2D eigenvalue weighted by Crippen LogP contribution is -2.35. The number of carbonyl (C=O) groups is 1. The second-order valence-electron chi connectivity index (χ2n) is 3.94. The van der Waals surface area contributed by atoms with Crippen LogP contribution in [0, 0.1) is 6.92 Å². The van der Waals surface area contributed by atoms with Crippen LogP contribution in [0.5, 0.6) is 5.75 Å². The molecule has 1 heterocycles. The molecule has 1 aromatic carbocycles. The molecule has 0 aliphatic carbocycles. The van der Waals surface area contributed by atoms with Gasteiger partial charge in [0.25, 0.3) is 0 Å². The summed E-state index contributed by atoms with van der Waals surface area (Å²) >= 11 is 11.7. The molecule has 0 amide bonds. The van der Waals surface area contributed by atoms with Gasteiger partial charge in [-0.1, -0.05) is 23.2 Å². The van der Waals surface area contributed by atoms with Gasteiger partial charge in [0.15, 0.2) is 5.75 Å². The smallest absolute Gasteiger partial charge is 0.474 e. The van der Waals surface area contributed by atoms with Crippen molar-refractivity contribution in [3.63, 3.8) is 0 Å². The Morgan fingerprint density at radius 2 is 2.00 bits per heavy atom. The molecule has 2 rings (SSSR count). The lowest BCUT2D eigenvalue weighted by molar-refractivity contribution is -0.210. The first-order valence-electron chi connectivity index (χ1n) is 5.28. The van der Waals surface area contributed by atoms with E-state index in [0.717, 1.165) is 0 Å². The highest BCUT2D eigenvalue weighted by Gasteiger charge is 2.43. The van der Waals surface area contributed by atoms with E-state index in [1.165, 1.54) is 6.07 Å². The summed E-state index contributed by atoms with van der Waals surface area (Å²) in [7, 11) is 0. The van der Waals surface area contributed by atoms with Crippen molar-refractivity contribution in [3.05, 3.63) is 33.9 Å². The third-order valence-corrected chi connectivity index (χ3v) is 3.05. The molecule has 4 nitrogen and oxygen atoms in total. The van der Waals surface area contributed by atoms with E-state index in [4.69, 9.17) is 28.3 Å². The average Bonchev–Trinajstić information content (AvgIpc) is 2.34. The highest BCUT2D eigenvalue weighted by molar-refractivity contribution is 6.39. The maximum atomic E-state index is 13.2. The molecule has 106 valence electrons. The van der Waals surface area contributed by atoms with Gasteiger partial charge in [0.05, 0.1) is 10.0 Å². The Kier molecular flexibility index (Phi) is 3.71. The first-order valence-corrected chi connectivity index (χ1v) is 6.03. The Labute approximate surface area is 121 Å². The van der Waals surface area contributed by atoms with Crippen molar-refractivity contribution in [1.29, 1.82) is 0 Å². The minimum atomic E-state index is -4.42. The molecule has 0 radical (unpaired) electrons. The Hall–Kier alpha value is -1.66. The number of carboxylic acid groups (broad SMARTS) is 1. The van der Waals surface area contributed by atoms with Crippen molar-refractivity contribution in [2.24, 2.45) is 0 Å². The quantitative estimate of drug-likeness (QED) is 0.931. The molecule has 20 heavy (non-hydrogen) atoms. The highest BCUT2D eigenvalue weighted by Crippen LogP contribution is 2.39. The number of hydrogen-bond donors (Lipinski definition) is 1. The van der Waals surface area contributed by atoms with E-state index in [1.807, 2.05) is 0 Å². The van der Waals surface area contributed by atoms with Gasteiger partial charge in [-0.2, -0.15) is 8.78 Å². The summed E-state index contributed by atoms with van der Waals surface area (Å²) in [5.41, 5.74) is 0.489. The van der Waals surface area contributed by atoms with Crippen molar-refractivity contribution in [2.45, 2.75) is 13.0 Å². The van der Waals surface area contributed by atoms with Gasteiger partial charge in [-0.3, -0.25) is 0 Å². The third-order valence-electron chi connectivity index (χ3n) is 2.46. The maximum absolute atomic E-state index is 13.2. The fourth-order valence-corrected chi connectivity index (χ4v) is 2.11. The molecule has 0 saturated carbocycles. The molecular formula is C12H7Cl2F2NO3. The minimum absolute atomic E-state index is 0.0246. The normalized spacial score (nSPS) is 11.7. The number of rotatable bonds is 3. The summed E-state index contributed by atoms with van der Waals surface area (Å²) < 4.78 is 30.6. The predicted octanol–water partition coefficient (Wildman–Crippen LogP) is 3.91. The van der Waals surface area contributed by atoms with Crippen LogP contribution in [0.3, 0.4) is 0 Å². The van der Waals surface area contributed by atoms with Crippen LogP contribution < -0.4 is 4.74 Å². The topological polar surface area (TPSA) is 59.4 Å². The number of benzene rings is 1. The van der Waals surface area contributed by atoms with Crippen LogP contribution in [-0.2, 0) is 4.79 Å². The van der Waals surface area contributed by atoms with E-state index < -0.39 is 17.8 Å². The number of pyridine rings is 1. The number of nitrogens with zero attached hydrogens (tertiary/aromatic N) is 1. The number of halogens is 4. The molecule has 1 N–H and O–H groups in total. The van der Waals surface area contributed by atoms with Crippen molar-refractivity contribution >= 4 is 40.1 Å². The summed E-state index contributed by atoms with van der Waals surface area (Å²) in [6.45, 7) is 1.63. The van der Waals surface area contributed by atoms with E-state index >= 15 is 0 Å². The maximum Gasteiger partial charge on any atom is 0.502 e. The van der Waals surface area contributed by atoms with Gasteiger partial charge in [-0.15, -0.1) is 0 Å². The van der Waals surface area contributed by atoms with Gasteiger partial charge >= 0.3 is 12.1 Å². The van der Waals surface area contributed by atoms with E-state index in [1.54, 1.807) is 19.1 Å². The third kappa shape index (κ3) is 2.62. The van der Waals surface area contributed by atoms with E-state index in [-0.39, 0.29) is 15.6 Å². The van der Waals surface area contributed by atoms with Crippen LogP contribution in [0.1, 0.15) is 5.69 Å². The molecule has 1 aromatic heterocycles. The van der Waals surface area contributed by atoms with Crippen molar-refractivity contribution in [2.75, 3.05) is 0 Å². The molecule has 0 aliphatic rings. The van der Waals surface area contributed by atoms with E-state index in [2.05, 4.69) is 9.72 Å². The molecule has 0 aliphatic heterocycles. The highest BCUT2D eigenvalue weighted by atomic mass is 35.5. The van der Waals surface area contributed by atoms with Gasteiger partial charge in [-0.05, 0) is 25.1 Å². The van der Waals surface area contributed by atoms with E-state index in [9.17, 15) is 13.6 Å². The standard InChI is InChI=1S/C12H7Cl2F2NO3/c1-5-2-3-6-7(13)4-8(14)10(9(6)17-5)20-12(15,16)11(18)19/h2-4H,1H3,(H,18,19). The number of aliphatic carboxylic acids is 1. The van der Waals surface area contributed by atoms with Crippen molar-refractivity contribution in [3.8, 4) is 5.75 Å². The first kappa shape index (κ1) is 14.7. The number of carboxylic acids is 1. The van der Waals surface area contributed by atoms with Crippen LogP contribution >= 0.6 is 23.2 Å². The lowest BCUT2D eigenvalue weighted by atomic mass is 10.2. The van der Waals surface area contributed by atoms with E-state index in [0.29, 0.717) is 11.1 Å². The monoisotopic (exact) mass is 321 g/mol. The van der Waals surface area contributed by atoms with Crippen LogP contribution in [0.25, 0.3) is 10.9 Å². The van der Waals surface area contributed by atoms with Gasteiger partial charge in [0.2, 0.25) is 0 Å². The SMILES string of the molecule is Cc1ccc2c(Cl)cc(Cl)c(OC(F)(F)C(=O)O)c2n1. The molecule has 0 unspecified atom stereocenters. The number of aryl methyl sites for hydroxylation is 1. The van der Waals surface area contributed by atoms with Crippen molar-refractivity contribution in [1.82, 2.24) is 4.98 Å². The molecule has 0 spiro atoms. The zero-order valence-electron chi connectivity index (χ0n) is 9.95. The number of aromatic nitrogens is 1. The Bertz CT molecular complexity index is 707. The number of alkyl halides is 2. The Morgan fingerprint density at radius 3 is 2.60 bits per heavy atom. The largest absolute Gasteiger partial charge is 0.502 e. The molecule has 8 heteroatoms. The summed E-state index contributed by atoms with van der Waals surface area (Å²) in [5.74, 6) is -2.95. The fourth-order valence-electron chi connectivity index (χ4n) is 1.56. The summed E-state index contributed by atoms with van der Waals surface area (Å²) in [6, 6.07) is 4.37. The second kappa shape index (κ2) is 5.03. The van der Waals surface area contributed by atoms with Crippen LogP contribution in [0.4, 0.5) is 8.78 Å². The van der Waals surface area contributed by atoms with Gasteiger partial charge < -0.3 is 9.84 Å². The minimum Gasteiger partial charge on any atom is -0.474 e. The lowest BCUT2D eigenvalue weighted by Gasteiger charge is -2.16. The van der Waals surface area contributed by atoms with Gasteiger partial charge in [-0.25, -0.2) is 9.78 Å². The van der Waals surface area contributed by atoms with Gasteiger partial charge in [0, 0.05) is 11.1 Å². The number of ether oxygens (including phenoxy) is 1. The molecule has 0 atom stereocenters. The average molecular weight is 322 g/mol. The fraction of sp³-hybridized carbons (Fsp3) is 0.167. The zero-order valence-corrected chi connectivity index (χ0v) is 11.5. The van der Waals surface area contributed by atoms with Crippen LogP contribution in [0.15, 0.2) is 18.2 Å². The molecule has 0 saturated heterocycles. The Morgan fingerprint density at radius 1 is 1.35 bits per heavy atom. The molecule has 0 fully saturated rings. The molecule has 2 aromatic rings. The zero-order chi connectivity index (χ0) is 15.1. The number of fused-ring (bicyclic) bond motifs is 1. The Balaban J connectivity index is 2.69. The molecule has 0 bridgehead atoms. The number of hydrogen-bond acceptors (Lipinski definition) is 3. The summed E-state index contributed by atoms with van der Waals surface area (Å²) in [4.78, 5) is 14.5. The van der Waals surface area contributed by atoms with Crippen LogP contribution in [-0.4, -0.2) is 22.2 Å². The first-order chi connectivity index (χ1) is 9.22. The van der Waals surface area contributed by atoms with Crippen molar-refractivity contribution < 1.29 is 23.4 Å². The predicted molar refractivity (Wildman–Crippen MR) is 69.7 cm³/mol.